The largest absolute Gasteiger partial charge is 0.352 e. The molecule has 0 aliphatic heterocycles. The van der Waals surface area contributed by atoms with Crippen LogP contribution in [0.2, 0.25) is 0 Å². The van der Waals surface area contributed by atoms with E-state index in [1.165, 1.54) is 12.1 Å². The molecule has 1 heterocycles. The molecule has 0 fully saturated rings. The van der Waals surface area contributed by atoms with Crippen LogP contribution in [0, 0.1) is 5.82 Å². The normalized spacial score (nSPS) is 11.0. The molecule has 27 heavy (non-hydrogen) atoms. The summed E-state index contributed by atoms with van der Waals surface area (Å²) < 4.78 is 14.7. The Bertz CT molecular complexity index is 903. The van der Waals surface area contributed by atoms with Crippen LogP contribution < -0.4 is 5.32 Å². The Morgan fingerprint density at radius 3 is 2.59 bits per heavy atom. The van der Waals surface area contributed by atoms with Gasteiger partial charge in [0.05, 0.1) is 17.4 Å². The van der Waals surface area contributed by atoms with Gasteiger partial charge in [-0.25, -0.2) is 9.07 Å². The Kier molecular flexibility index (Phi) is 5.98. The molecule has 1 N–H and O–H groups in total. The van der Waals surface area contributed by atoms with E-state index in [1.807, 2.05) is 44.7 Å². The first-order valence-corrected chi connectivity index (χ1v) is 8.83. The Balaban J connectivity index is 1.68. The van der Waals surface area contributed by atoms with Crippen molar-refractivity contribution in [1.82, 2.24) is 20.0 Å². The van der Waals surface area contributed by atoms with E-state index in [-0.39, 0.29) is 11.7 Å². The molecule has 3 aromatic rings. The minimum Gasteiger partial charge on any atom is -0.352 e. The van der Waals surface area contributed by atoms with Crippen LogP contribution in [0.25, 0.3) is 5.69 Å². The number of nitrogens with one attached hydrogen (secondary N) is 1. The summed E-state index contributed by atoms with van der Waals surface area (Å²) in [5, 5.41) is 7.32. The number of para-hydroxylation sites is 1. The number of hydrogen-bond acceptors (Lipinski definition) is 3. The van der Waals surface area contributed by atoms with Gasteiger partial charge in [0.2, 0.25) is 0 Å². The van der Waals surface area contributed by atoms with Crippen LogP contribution >= 0.6 is 0 Å². The maximum atomic E-state index is 13.0. The number of hydrogen-bond donors (Lipinski definition) is 1. The summed E-state index contributed by atoms with van der Waals surface area (Å²) in [7, 11) is 4.00. The lowest BCUT2D eigenvalue weighted by Gasteiger charge is -2.10. The first kappa shape index (κ1) is 18.8. The summed E-state index contributed by atoms with van der Waals surface area (Å²) in [5.41, 5.74) is 3.36. The molecule has 3 rings (SSSR count). The Labute approximate surface area is 158 Å². The third-order valence-corrected chi connectivity index (χ3v) is 4.14. The number of rotatable bonds is 7. The number of carbonyl (C=O) groups excluding carboxylic acids is 1. The molecule has 0 saturated heterocycles. The highest BCUT2D eigenvalue weighted by Crippen LogP contribution is 2.15. The highest BCUT2D eigenvalue weighted by Gasteiger charge is 2.13. The molecule has 1 amide bonds. The standard InChI is InChI=1S/C21H23FN4O/c1-25(2)14-17-13-24-26(15-17)20-6-4-3-5-19(20)21(27)23-12-11-16-7-9-18(22)10-8-16/h3-10,13,15H,11-12,14H2,1-2H3,(H,23,27). The van der Waals surface area contributed by atoms with Crippen LogP contribution in [0.4, 0.5) is 4.39 Å². The van der Waals surface area contributed by atoms with Crippen molar-refractivity contribution in [1.29, 1.82) is 0 Å². The average Bonchev–Trinajstić information content (AvgIpc) is 3.11. The summed E-state index contributed by atoms with van der Waals surface area (Å²) in [6.45, 7) is 1.26. The minimum atomic E-state index is -0.260. The Hall–Kier alpha value is -2.99. The summed E-state index contributed by atoms with van der Waals surface area (Å²) >= 11 is 0. The monoisotopic (exact) mass is 366 g/mol. The third-order valence-electron chi connectivity index (χ3n) is 4.14. The van der Waals surface area contributed by atoms with E-state index in [9.17, 15) is 9.18 Å². The second-order valence-electron chi connectivity index (χ2n) is 6.68. The molecular formula is C21H23FN4O. The first-order chi connectivity index (χ1) is 13.0. The van der Waals surface area contributed by atoms with Crippen LogP contribution in [0.15, 0.2) is 60.9 Å². The van der Waals surface area contributed by atoms with Gasteiger partial charge in [-0.2, -0.15) is 5.10 Å². The van der Waals surface area contributed by atoms with Crippen molar-refractivity contribution in [2.45, 2.75) is 13.0 Å². The molecule has 0 aliphatic rings. The van der Waals surface area contributed by atoms with Crippen molar-refractivity contribution in [2.75, 3.05) is 20.6 Å². The quantitative estimate of drug-likeness (QED) is 0.699. The smallest absolute Gasteiger partial charge is 0.253 e. The Morgan fingerprint density at radius 2 is 1.85 bits per heavy atom. The second-order valence-corrected chi connectivity index (χ2v) is 6.68. The lowest BCUT2D eigenvalue weighted by molar-refractivity contribution is 0.0954. The van der Waals surface area contributed by atoms with Crippen molar-refractivity contribution in [3.63, 3.8) is 0 Å². The molecule has 0 radical (unpaired) electrons. The van der Waals surface area contributed by atoms with Crippen molar-refractivity contribution in [3.8, 4) is 5.69 Å². The fourth-order valence-corrected chi connectivity index (χ4v) is 2.87. The van der Waals surface area contributed by atoms with Crippen molar-refractivity contribution in [3.05, 3.63) is 83.4 Å². The van der Waals surface area contributed by atoms with Gasteiger partial charge in [0.15, 0.2) is 0 Å². The van der Waals surface area contributed by atoms with Gasteiger partial charge in [0.1, 0.15) is 5.82 Å². The van der Waals surface area contributed by atoms with E-state index in [4.69, 9.17) is 0 Å². The summed E-state index contributed by atoms with van der Waals surface area (Å²) in [5.74, 6) is -0.415. The number of halogens is 1. The van der Waals surface area contributed by atoms with Gasteiger partial charge in [-0.05, 0) is 50.3 Å². The zero-order valence-corrected chi connectivity index (χ0v) is 15.5. The van der Waals surface area contributed by atoms with Gasteiger partial charge < -0.3 is 10.2 Å². The van der Waals surface area contributed by atoms with Crippen LogP contribution in [0.1, 0.15) is 21.5 Å². The number of nitrogens with zero attached hydrogens (tertiary/aromatic N) is 3. The van der Waals surface area contributed by atoms with Gasteiger partial charge in [-0.1, -0.05) is 24.3 Å². The fourth-order valence-electron chi connectivity index (χ4n) is 2.87. The van der Waals surface area contributed by atoms with Gasteiger partial charge in [-0.3, -0.25) is 4.79 Å². The summed E-state index contributed by atoms with van der Waals surface area (Å²) in [6.07, 6.45) is 4.39. The van der Waals surface area contributed by atoms with E-state index in [2.05, 4.69) is 15.3 Å². The van der Waals surface area contributed by atoms with Crippen molar-refractivity contribution in [2.24, 2.45) is 0 Å². The molecular weight excluding hydrogens is 343 g/mol. The lowest BCUT2D eigenvalue weighted by atomic mass is 10.1. The van der Waals surface area contributed by atoms with E-state index < -0.39 is 0 Å². The fraction of sp³-hybridized carbons (Fsp3) is 0.238. The summed E-state index contributed by atoms with van der Waals surface area (Å²) in [6, 6.07) is 13.7. The highest BCUT2D eigenvalue weighted by atomic mass is 19.1. The molecule has 0 bridgehead atoms. The SMILES string of the molecule is CN(C)Cc1cnn(-c2ccccc2C(=O)NCCc2ccc(F)cc2)c1. The predicted octanol–water partition coefficient (Wildman–Crippen LogP) is 3.05. The van der Waals surface area contributed by atoms with Crippen LogP contribution in [0.5, 0.6) is 0 Å². The van der Waals surface area contributed by atoms with Gasteiger partial charge >= 0.3 is 0 Å². The van der Waals surface area contributed by atoms with Gasteiger partial charge in [0, 0.05) is 24.8 Å². The number of benzene rings is 2. The molecule has 0 spiro atoms. The number of carbonyl (C=O) groups is 1. The highest BCUT2D eigenvalue weighted by molar-refractivity contribution is 5.97. The zero-order valence-electron chi connectivity index (χ0n) is 15.5. The molecule has 1 aromatic heterocycles. The summed E-state index contributed by atoms with van der Waals surface area (Å²) in [4.78, 5) is 14.7. The molecule has 2 aromatic carbocycles. The molecule has 0 saturated carbocycles. The average molecular weight is 366 g/mol. The topological polar surface area (TPSA) is 50.2 Å². The second kappa shape index (κ2) is 8.60. The van der Waals surface area contributed by atoms with Crippen LogP contribution in [-0.4, -0.2) is 41.2 Å². The number of aromatic nitrogens is 2. The predicted molar refractivity (Wildman–Crippen MR) is 103 cm³/mol. The maximum Gasteiger partial charge on any atom is 0.253 e. The van der Waals surface area contributed by atoms with Crippen LogP contribution in [0.3, 0.4) is 0 Å². The Morgan fingerprint density at radius 1 is 1.11 bits per heavy atom. The van der Waals surface area contributed by atoms with E-state index in [0.29, 0.717) is 18.5 Å². The molecule has 0 unspecified atom stereocenters. The van der Waals surface area contributed by atoms with Gasteiger partial charge in [0.25, 0.3) is 5.91 Å². The van der Waals surface area contributed by atoms with E-state index in [0.717, 1.165) is 23.4 Å². The molecule has 0 atom stereocenters. The molecule has 0 aliphatic carbocycles. The van der Waals surface area contributed by atoms with E-state index >= 15 is 0 Å². The molecule has 6 heteroatoms. The maximum absolute atomic E-state index is 13.0. The van der Waals surface area contributed by atoms with Crippen molar-refractivity contribution >= 4 is 5.91 Å². The number of amides is 1. The van der Waals surface area contributed by atoms with Gasteiger partial charge in [-0.15, -0.1) is 0 Å². The first-order valence-electron chi connectivity index (χ1n) is 8.83. The minimum absolute atomic E-state index is 0.155. The lowest BCUT2D eigenvalue weighted by Crippen LogP contribution is -2.26. The zero-order chi connectivity index (χ0) is 19.2. The molecule has 140 valence electrons. The third kappa shape index (κ3) is 5.01. The van der Waals surface area contributed by atoms with Crippen LogP contribution in [-0.2, 0) is 13.0 Å². The van der Waals surface area contributed by atoms with Crippen molar-refractivity contribution < 1.29 is 9.18 Å². The van der Waals surface area contributed by atoms with E-state index in [1.54, 1.807) is 22.9 Å². The molecule has 5 nitrogen and oxygen atoms in total.